The van der Waals surface area contributed by atoms with E-state index >= 15 is 0 Å². The lowest BCUT2D eigenvalue weighted by molar-refractivity contribution is -0.123. The number of hydrogen-bond donors (Lipinski definition) is 2. The van der Waals surface area contributed by atoms with Crippen LogP contribution in [0.2, 0.25) is 5.02 Å². The smallest absolute Gasteiger partial charge is 0.258 e. The summed E-state index contributed by atoms with van der Waals surface area (Å²) in [5, 5.41) is 3.04. The zero-order valence-electron chi connectivity index (χ0n) is 16.5. The maximum atomic E-state index is 13.9. The number of pyridine rings is 1. The van der Waals surface area contributed by atoms with Crippen molar-refractivity contribution in [2.24, 2.45) is 0 Å². The Bertz CT molecular complexity index is 1010. The topological polar surface area (TPSA) is 97.4 Å². The van der Waals surface area contributed by atoms with Gasteiger partial charge in [0.1, 0.15) is 11.6 Å². The van der Waals surface area contributed by atoms with Crippen molar-refractivity contribution in [2.45, 2.75) is 32.7 Å². The molecule has 2 rings (SSSR count). The summed E-state index contributed by atoms with van der Waals surface area (Å²) in [4.78, 5) is 16.3. The molecule has 0 unspecified atom stereocenters. The molecule has 0 aliphatic heterocycles. The first kappa shape index (κ1) is 22.9. The van der Waals surface area contributed by atoms with Gasteiger partial charge >= 0.3 is 0 Å². The van der Waals surface area contributed by atoms with Crippen molar-refractivity contribution >= 4 is 33.2 Å². The summed E-state index contributed by atoms with van der Waals surface area (Å²) < 4.78 is 43.7. The van der Waals surface area contributed by atoms with Crippen molar-refractivity contribution in [2.75, 3.05) is 17.6 Å². The molecule has 158 valence electrons. The van der Waals surface area contributed by atoms with Gasteiger partial charge in [0.15, 0.2) is 6.61 Å². The Morgan fingerprint density at radius 3 is 2.52 bits per heavy atom. The quantitative estimate of drug-likeness (QED) is 0.684. The Morgan fingerprint density at radius 2 is 1.97 bits per heavy atom. The number of halogens is 2. The molecule has 0 spiro atoms. The highest BCUT2D eigenvalue weighted by Crippen LogP contribution is 2.29. The van der Waals surface area contributed by atoms with E-state index in [0.717, 1.165) is 18.0 Å². The Balaban J connectivity index is 1.89. The lowest BCUT2D eigenvalue weighted by Crippen LogP contribution is -2.28. The van der Waals surface area contributed by atoms with E-state index in [-0.39, 0.29) is 24.3 Å². The maximum absolute atomic E-state index is 13.9. The fraction of sp³-hybridized carbons (Fsp3) is 0.368. The molecule has 0 atom stereocenters. The zero-order valence-corrected chi connectivity index (χ0v) is 18.1. The van der Waals surface area contributed by atoms with Crippen molar-refractivity contribution in [3.05, 3.63) is 52.6 Å². The number of aromatic nitrogens is 1. The lowest BCUT2D eigenvalue weighted by atomic mass is 9.91. The van der Waals surface area contributed by atoms with Crippen molar-refractivity contribution in [1.29, 1.82) is 0 Å². The molecule has 1 aromatic carbocycles. The van der Waals surface area contributed by atoms with E-state index in [4.69, 9.17) is 16.3 Å². The number of sulfonamides is 1. The number of anilines is 1. The van der Waals surface area contributed by atoms with Gasteiger partial charge in [0.25, 0.3) is 5.91 Å². The highest BCUT2D eigenvalue weighted by atomic mass is 35.5. The van der Waals surface area contributed by atoms with Gasteiger partial charge in [-0.3, -0.25) is 14.5 Å². The number of carbonyl (C=O) groups is 1. The molecule has 1 amide bonds. The molecule has 7 nitrogen and oxygen atoms in total. The Kier molecular flexibility index (Phi) is 7.07. The van der Waals surface area contributed by atoms with Gasteiger partial charge in [-0.05, 0) is 17.7 Å². The van der Waals surface area contributed by atoms with Crippen LogP contribution in [-0.4, -0.2) is 32.2 Å². The van der Waals surface area contributed by atoms with E-state index in [9.17, 15) is 17.6 Å². The number of hydrogen-bond acceptors (Lipinski definition) is 5. The van der Waals surface area contributed by atoms with Crippen molar-refractivity contribution in [1.82, 2.24) is 10.3 Å². The Morgan fingerprint density at radius 1 is 1.28 bits per heavy atom. The van der Waals surface area contributed by atoms with Crippen LogP contribution in [0.1, 0.15) is 32.0 Å². The maximum Gasteiger partial charge on any atom is 0.258 e. The van der Waals surface area contributed by atoms with Gasteiger partial charge in [0, 0.05) is 18.0 Å². The molecule has 29 heavy (non-hydrogen) atoms. The molecule has 2 aromatic rings. The monoisotopic (exact) mass is 443 g/mol. The Labute approximate surface area is 174 Å². The number of nitrogens with zero attached hydrogens (tertiary/aromatic N) is 1. The van der Waals surface area contributed by atoms with Crippen molar-refractivity contribution in [3.8, 4) is 5.75 Å². The molecule has 0 saturated carbocycles. The van der Waals surface area contributed by atoms with Crippen LogP contribution in [0.5, 0.6) is 5.75 Å². The molecule has 0 fully saturated rings. The second-order valence-electron chi connectivity index (χ2n) is 7.51. The van der Waals surface area contributed by atoms with Crippen LogP contribution in [0.4, 0.5) is 10.1 Å². The predicted molar refractivity (Wildman–Crippen MR) is 110 cm³/mol. The standard InChI is InChI=1S/C19H23ClFN3O4S/c1-19(2,3)18-14(20)8-13(10-23-18)28-11-17(25)22-9-12-5-6-16(15(21)7-12)24-29(4,26)27/h5-8,10,24H,9,11H2,1-4H3,(H,22,25). The molecule has 0 bridgehead atoms. The summed E-state index contributed by atoms with van der Waals surface area (Å²) in [5.74, 6) is -0.793. The third kappa shape index (κ3) is 7.17. The van der Waals surface area contributed by atoms with Gasteiger partial charge in [-0.2, -0.15) is 0 Å². The van der Waals surface area contributed by atoms with Crippen LogP contribution in [0, 0.1) is 5.82 Å². The first-order chi connectivity index (χ1) is 13.3. The van der Waals surface area contributed by atoms with E-state index in [2.05, 4.69) is 15.0 Å². The Hall–Kier alpha value is -2.39. The van der Waals surface area contributed by atoms with Crippen LogP contribution >= 0.6 is 11.6 Å². The third-order valence-electron chi connectivity index (χ3n) is 3.71. The summed E-state index contributed by atoms with van der Waals surface area (Å²) in [5.41, 5.74) is 0.823. The SMILES string of the molecule is CC(C)(C)c1ncc(OCC(=O)NCc2ccc(NS(C)(=O)=O)c(F)c2)cc1Cl. The number of rotatable bonds is 7. The molecular formula is C19H23ClFN3O4S. The highest BCUT2D eigenvalue weighted by molar-refractivity contribution is 7.92. The zero-order chi connectivity index (χ0) is 21.8. The summed E-state index contributed by atoms with van der Waals surface area (Å²) in [7, 11) is -3.58. The molecule has 0 aliphatic rings. The van der Waals surface area contributed by atoms with Crippen LogP contribution < -0.4 is 14.8 Å². The van der Waals surface area contributed by atoms with Gasteiger partial charge in [0.05, 0.1) is 28.9 Å². The summed E-state index contributed by atoms with van der Waals surface area (Å²) in [6.07, 6.45) is 2.43. The number of carbonyl (C=O) groups excluding carboxylic acids is 1. The molecule has 10 heteroatoms. The van der Waals surface area contributed by atoms with E-state index in [1.54, 1.807) is 6.07 Å². The van der Waals surface area contributed by atoms with E-state index in [0.29, 0.717) is 16.3 Å². The first-order valence-electron chi connectivity index (χ1n) is 8.67. The second kappa shape index (κ2) is 8.96. The fourth-order valence-electron chi connectivity index (χ4n) is 2.40. The molecule has 1 heterocycles. The van der Waals surface area contributed by atoms with Crippen LogP contribution in [0.15, 0.2) is 30.5 Å². The number of benzene rings is 1. The molecule has 0 radical (unpaired) electrons. The van der Waals surface area contributed by atoms with Gasteiger partial charge < -0.3 is 10.1 Å². The lowest BCUT2D eigenvalue weighted by Gasteiger charge is -2.19. The number of nitrogens with one attached hydrogen (secondary N) is 2. The minimum Gasteiger partial charge on any atom is -0.482 e. The molecular weight excluding hydrogens is 421 g/mol. The van der Waals surface area contributed by atoms with Gasteiger partial charge in [-0.15, -0.1) is 0 Å². The largest absolute Gasteiger partial charge is 0.482 e. The summed E-state index contributed by atoms with van der Waals surface area (Å²) in [6, 6.07) is 5.54. The van der Waals surface area contributed by atoms with Crippen LogP contribution in [0.3, 0.4) is 0 Å². The third-order valence-corrected chi connectivity index (χ3v) is 4.59. The molecule has 2 N–H and O–H groups in total. The normalized spacial score (nSPS) is 11.8. The average molecular weight is 444 g/mol. The molecule has 0 aliphatic carbocycles. The fourth-order valence-corrected chi connectivity index (χ4v) is 3.41. The minimum atomic E-state index is -3.58. The van der Waals surface area contributed by atoms with Crippen LogP contribution in [0.25, 0.3) is 0 Å². The second-order valence-corrected chi connectivity index (χ2v) is 9.66. The van der Waals surface area contributed by atoms with Gasteiger partial charge in [0.2, 0.25) is 10.0 Å². The summed E-state index contributed by atoms with van der Waals surface area (Å²) >= 11 is 6.22. The number of amides is 1. The highest BCUT2D eigenvalue weighted by Gasteiger charge is 2.19. The predicted octanol–water partition coefficient (Wildman–Crippen LogP) is 3.24. The van der Waals surface area contributed by atoms with Crippen molar-refractivity contribution < 1.29 is 22.3 Å². The minimum absolute atomic E-state index is 0.0558. The molecule has 1 aromatic heterocycles. The van der Waals surface area contributed by atoms with Crippen LogP contribution in [-0.2, 0) is 26.8 Å². The van der Waals surface area contributed by atoms with Crippen molar-refractivity contribution in [3.63, 3.8) is 0 Å². The summed E-state index contributed by atoms with van der Waals surface area (Å²) in [6.45, 7) is 5.76. The average Bonchev–Trinajstić information content (AvgIpc) is 2.58. The first-order valence-corrected chi connectivity index (χ1v) is 10.9. The molecule has 0 saturated heterocycles. The van der Waals surface area contributed by atoms with Gasteiger partial charge in [-0.25, -0.2) is 12.8 Å². The van der Waals surface area contributed by atoms with E-state index in [1.807, 2.05) is 20.8 Å². The number of ether oxygens (including phenoxy) is 1. The van der Waals surface area contributed by atoms with Gasteiger partial charge in [-0.1, -0.05) is 38.4 Å². The van der Waals surface area contributed by atoms with E-state index < -0.39 is 21.7 Å². The van der Waals surface area contributed by atoms with E-state index in [1.165, 1.54) is 18.3 Å².